The van der Waals surface area contributed by atoms with Crippen molar-refractivity contribution < 1.29 is 18.3 Å². The summed E-state index contributed by atoms with van der Waals surface area (Å²) in [4.78, 5) is 11.3. The molecular weight excluding hydrogens is 270 g/mol. The first kappa shape index (κ1) is 15.1. The van der Waals surface area contributed by atoms with Crippen molar-refractivity contribution in [2.24, 2.45) is 5.10 Å². The zero-order valence-electron chi connectivity index (χ0n) is 10.3. The average molecular weight is 278 g/mol. The molecule has 6 nitrogen and oxygen atoms in total. The number of esters is 1. The van der Waals surface area contributed by atoms with Crippen LogP contribution in [0.25, 0.3) is 0 Å². The van der Waals surface area contributed by atoms with E-state index in [1.807, 2.05) is 0 Å². The Balaban J connectivity index is 3.07. The quantitative estimate of drug-likeness (QED) is 0.515. The minimum atomic E-state index is -1.14. The minimum absolute atomic E-state index is 0.0181. The number of rotatable bonds is 4. The van der Waals surface area contributed by atoms with E-state index in [-0.39, 0.29) is 12.3 Å². The van der Waals surface area contributed by atoms with E-state index >= 15 is 0 Å². The lowest BCUT2D eigenvalue weighted by molar-refractivity contribution is 0.0515. The van der Waals surface area contributed by atoms with Crippen LogP contribution in [0.15, 0.2) is 17.2 Å². The van der Waals surface area contributed by atoms with Crippen LogP contribution in [-0.2, 0) is 4.74 Å². The molecule has 0 bridgehead atoms. The Morgan fingerprint density at radius 2 is 1.90 bits per heavy atom. The van der Waals surface area contributed by atoms with Gasteiger partial charge in [0.25, 0.3) is 0 Å². The van der Waals surface area contributed by atoms with Crippen LogP contribution in [0, 0.1) is 34.3 Å². The van der Waals surface area contributed by atoms with Gasteiger partial charge in [0.15, 0.2) is 0 Å². The van der Waals surface area contributed by atoms with E-state index in [1.54, 1.807) is 0 Å². The number of hydrogen-bond acceptors (Lipinski definition) is 6. The fourth-order valence-corrected chi connectivity index (χ4v) is 1.23. The Hall–Kier alpha value is -3.00. The lowest BCUT2D eigenvalue weighted by atomic mass is 10.2. The largest absolute Gasteiger partial charge is 0.462 e. The smallest absolute Gasteiger partial charge is 0.344 e. The Labute approximate surface area is 112 Å². The maximum absolute atomic E-state index is 13.6. The molecule has 1 aromatic carbocycles. The van der Waals surface area contributed by atoms with Gasteiger partial charge in [0.2, 0.25) is 5.71 Å². The molecule has 0 spiro atoms. The third-order valence-corrected chi connectivity index (χ3v) is 2.03. The summed E-state index contributed by atoms with van der Waals surface area (Å²) in [6.07, 6.45) is 0. The van der Waals surface area contributed by atoms with Crippen molar-refractivity contribution in [1.29, 1.82) is 10.5 Å². The molecule has 20 heavy (non-hydrogen) atoms. The van der Waals surface area contributed by atoms with Crippen molar-refractivity contribution in [2.75, 3.05) is 12.0 Å². The summed E-state index contributed by atoms with van der Waals surface area (Å²) in [6.45, 7) is 1.49. The SMILES string of the molecule is CCOC(=O)c1c(F)cc(NN=C(C#N)C#N)cc1F. The Morgan fingerprint density at radius 1 is 1.35 bits per heavy atom. The predicted octanol–water partition coefficient (Wildman–Crippen LogP) is 1.96. The number of nitriles is 2. The molecule has 0 aliphatic rings. The van der Waals surface area contributed by atoms with E-state index in [0.29, 0.717) is 0 Å². The highest BCUT2D eigenvalue weighted by molar-refractivity contribution is 6.10. The summed E-state index contributed by atoms with van der Waals surface area (Å²) in [5.41, 5.74) is 0.650. The normalized spacial score (nSPS) is 9.05. The molecule has 1 aromatic rings. The van der Waals surface area contributed by atoms with Gasteiger partial charge in [-0.2, -0.15) is 15.6 Å². The summed E-state index contributed by atoms with van der Waals surface area (Å²) >= 11 is 0. The molecule has 0 unspecified atom stereocenters. The molecule has 0 saturated heterocycles. The van der Waals surface area contributed by atoms with Crippen molar-refractivity contribution in [3.8, 4) is 12.1 Å². The number of hydrogen-bond donors (Lipinski definition) is 1. The van der Waals surface area contributed by atoms with Crippen LogP contribution >= 0.6 is 0 Å². The molecule has 0 aromatic heterocycles. The molecule has 8 heteroatoms. The molecule has 0 aliphatic carbocycles. The molecule has 0 radical (unpaired) electrons. The lowest BCUT2D eigenvalue weighted by Gasteiger charge is -2.07. The van der Waals surface area contributed by atoms with Gasteiger partial charge in [-0.05, 0) is 19.1 Å². The fourth-order valence-electron chi connectivity index (χ4n) is 1.23. The predicted molar refractivity (Wildman–Crippen MR) is 64.6 cm³/mol. The molecule has 0 fully saturated rings. The number of ether oxygens (including phenoxy) is 1. The summed E-state index contributed by atoms with van der Waals surface area (Å²) in [5, 5.41) is 20.2. The van der Waals surface area contributed by atoms with Crippen molar-refractivity contribution in [3.63, 3.8) is 0 Å². The zero-order valence-corrected chi connectivity index (χ0v) is 10.3. The number of benzene rings is 1. The highest BCUT2D eigenvalue weighted by Gasteiger charge is 2.19. The highest BCUT2D eigenvalue weighted by atomic mass is 19.1. The van der Waals surface area contributed by atoms with Crippen LogP contribution in [0.2, 0.25) is 0 Å². The zero-order chi connectivity index (χ0) is 15.1. The maximum atomic E-state index is 13.6. The Morgan fingerprint density at radius 3 is 2.35 bits per heavy atom. The summed E-state index contributed by atoms with van der Waals surface area (Å²) in [7, 11) is 0. The van der Waals surface area contributed by atoms with Crippen LogP contribution in [-0.4, -0.2) is 18.3 Å². The molecule has 0 saturated carbocycles. The van der Waals surface area contributed by atoms with E-state index in [4.69, 9.17) is 10.5 Å². The van der Waals surface area contributed by atoms with Crippen molar-refractivity contribution in [3.05, 3.63) is 29.3 Å². The van der Waals surface area contributed by atoms with Crippen molar-refractivity contribution in [1.82, 2.24) is 0 Å². The van der Waals surface area contributed by atoms with Gasteiger partial charge in [-0.15, -0.1) is 0 Å². The van der Waals surface area contributed by atoms with Crippen LogP contribution in [0.1, 0.15) is 17.3 Å². The van der Waals surface area contributed by atoms with E-state index < -0.39 is 28.9 Å². The van der Waals surface area contributed by atoms with E-state index in [1.165, 1.54) is 19.1 Å². The van der Waals surface area contributed by atoms with E-state index in [2.05, 4.69) is 15.3 Å². The topological polar surface area (TPSA) is 98.3 Å². The first-order valence-electron chi connectivity index (χ1n) is 5.33. The molecular formula is C12H8F2N4O2. The molecule has 0 atom stereocenters. The number of hydrazone groups is 1. The Bertz CT molecular complexity index is 605. The number of halogens is 2. The molecule has 0 aliphatic heterocycles. The van der Waals surface area contributed by atoms with Gasteiger partial charge < -0.3 is 4.74 Å². The standard InChI is InChI=1S/C12H8F2N4O2/c1-2-20-12(19)11-9(13)3-7(4-10(11)14)17-18-8(5-15)6-16/h3-4,17H,2H2,1H3. The monoisotopic (exact) mass is 278 g/mol. The summed E-state index contributed by atoms with van der Waals surface area (Å²) in [6, 6.07) is 4.52. The van der Waals surface area contributed by atoms with Crippen molar-refractivity contribution in [2.45, 2.75) is 6.92 Å². The van der Waals surface area contributed by atoms with Gasteiger partial charge in [-0.1, -0.05) is 0 Å². The van der Waals surface area contributed by atoms with Crippen LogP contribution in [0.3, 0.4) is 0 Å². The van der Waals surface area contributed by atoms with Crippen LogP contribution < -0.4 is 5.43 Å². The fraction of sp³-hybridized carbons (Fsp3) is 0.167. The molecule has 0 amide bonds. The number of anilines is 1. The van der Waals surface area contributed by atoms with Crippen LogP contribution in [0.5, 0.6) is 0 Å². The number of nitrogens with zero attached hydrogens (tertiary/aromatic N) is 3. The van der Waals surface area contributed by atoms with Gasteiger partial charge >= 0.3 is 5.97 Å². The minimum Gasteiger partial charge on any atom is -0.462 e. The molecule has 1 N–H and O–H groups in total. The second kappa shape index (κ2) is 6.81. The third kappa shape index (κ3) is 3.50. The lowest BCUT2D eigenvalue weighted by Crippen LogP contribution is -2.10. The van der Waals surface area contributed by atoms with Gasteiger partial charge in [-0.3, -0.25) is 5.43 Å². The van der Waals surface area contributed by atoms with Gasteiger partial charge in [0.05, 0.1) is 12.3 Å². The Kier molecular flexibility index (Phi) is 5.12. The van der Waals surface area contributed by atoms with E-state index in [0.717, 1.165) is 12.1 Å². The molecule has 1 rings (SSSR count). The average Bonchev–Trinajstić information content (AvgIpc) is 2.39. The van der Waals surface area contributed by atoms with Crippen molar-refractivity contribution >= 4 is 17.4 Å². The maximum Gasteiger partial charge on any atom is 0.344 e. The van der Waals surface area contributed by atoms with Gasteiger partial charge in [0.1, 0.15) is 29.3 Å². The van der Waals surface area contributed by atoms with Gasteiger partial charge in [0, 0.05) is 0 Å². The second-order valence-corrected chi connectivity index (χ2v) is 3.33. The van der Waals surface area contributed by atoms with E-state index in [9.17, 15) is 13.6 Å². The third-order valence-electron chi connectivity index (χ3n) is 2.03. The number of carbonyl (C=O) groups excluding carboxylic acids is 1. The first-order chi connectivity index (χ1) is 9.53. The molecule has 102 valence electrons. The molecule has 0 heterocycles. The number of nitrogens with one attached hydrogen (secondary N) is 1. The van der Waals surface area contributed by atoms with Crippen LogP contribution in [0.4, 0.5) is 14.5 Å². The first-order valence-corrected chi connectivity index (χ1v) is 5.33. The second-order valence-electron chi connectivity index (χ2n) is 3.33. The summed E-state index contributed by atoms with van der Waals surface area (Å²) in [5.74, 6) is -3.40. The highest BCUT2D eigenvalue weighted by Crippen LogP contribution is 2.20. The summed E-state index contributed by atoms with van der Waals surface area (Å²) < 4.78 is 31.7. The van der Waals surface area contributed by atoms with Gasteiger partial charge in [-0.25, -0.2) is 13.6 Å². The number of carbonyl (C=O) groups is 1.